The molecule has 0 saturated carbocycles. The first-order valence-electron chi connectivity index (χ1n) is 5.33. The number of piperazine rings is 1. The van der Waals surface area contributed by atoms with Gasteiger partial charge in [-0.25, -0.2) is 0 Å². The van der Waals surface area contributed by atoms with Crippen LogP contribution in [0.5, 0.6) is 0 Å². The summed E-state index contributed by atoms with van der Waals surface area (Å²) in [4.78, 5) is 13.7. The molecule has 0 spiro atoms. The third-order valence-corrected chi connectivity index (χ3v) is 3.79. The number of thiophene rings is 1. The van der Waals surface area contributed by atoms with Crippen molar-refractivity contribution in [2.45, 2.75) is 0 Å². The molecule has 1 N–H and O–H groups in total. The molecule has 82 valence electrons. The fourth-order valence-corrected chi connectivity index (χ4v) is 2.97. The molecule has 1 saturated heterocycles. The molecular formula is C12H12N2OS. The third kappa shape index (κ3) is 1.50. The molecule has 1 aliphatic heterocycles. The first kappa shape index (κ1) is 9.81. The average molecular weight is 232 g/mol. The normalized spacial score (nSPS) is 17.0. The van der Waals surface area contributed by atoms with Gasteiger partial charge in [-0.1, -0.05) is 12.1 Å². The molecule has 0 atom stereocenters. The lowest BCUT2D eigenvalue weighted by molar-refractivity contribution is -0.118. The maximum atomic E-state index is 11.8. The Balaban J connectivity index is 2.10. The van der Waals surface area contributed by atoms with Crippen LogP contribution in [0.25, 0.3) is 10.1 Å². The number of nitrogens with zero attached hydrogens (tertiary/aromatic N) is 1. The van der Waals surface area contributed by atoms with Gasteiger partial charge in [0.25, 0.3) is 0 Å². The minimum absolute atomic E-state index is 0.159. The van der Waals surface area contributed by atoms with Gasteiger partial charge in [0.1, 0.15) is 0 Å². The van der Waals surface area contributed by atoms with Crippen LogP contribution < -0.4 is 10.2 Å². The van der Waals surface area contributed by atoms with Crippen molar-refractivity contribution >= 4 is 33.0 Å². The number of anilines is 1. The Morgan fingerprint density at radius 3 is 3.12 bits per heavy atom. The summed E-state index contributed by atoms with van der Waals surface area (Å²) in [7, 11) is 0. The third-order valence-electron chi connectivity index (χ3n) is 2.84. The van der Waals surface area contributed by atoms with Crippen LogP contribution in [0, 0.1) is 0 Å². The Kier molecular flexibility index (Phi) is 2.38. The summed E-state index contributed by atoms with van der Waals surface area (Å²) in [6.07, 6.45) is 0. The minimum Gasteiger partial charge on any atom is -0.309 e. The second kappa shape index (κ2) is 3.88. The van der Waals surface area contributed by atoms with Crippen molar-refractivity contribution in [2.24, 2.45) is 0 Å². The van der Waals surface area contributed by atoms with Gasteiger partial charge < -0.3 is 10.2 Å². The van der Waals surface area contributed by atoms with Gasteiger partial charge in [-0.05, 0) is 22.9 Å². The van der Waals surface area contributed by atoms with Gasteiger partial charge >= 0.3 is 0 Å². The highest BCUT2D eigenvalue weighted by Crippen LogP contribution is 2.31. The molecule has 0 radical (unpaired) electrons. The van der Waals surface area contributed by atoms with Gasteiger partial charge in [-0.15, -0.1) is 11.3 Å². The Bertz CT molecular complexity index is 535. The van der Waals surface area contributed by atoms with Crippen molar-refractivity contribution in [2.75, 3.05) is 24.5 Å². The molecule has 16 heavy (non-hydrogen) atoms. The molecule has 1 aliphatic rings. The fourth-order valence-electron chi connectivity index (χ4n) is 2.05. The van der Waals surface area contributed by atoms with Gasteiger partial charge in [0, 0.05) is 13.1 Å². The van der Waals surface area contributed by atoms with E-state index in [1.54, 1.807) is 11.3 Å². The summed E-state index contributed by atoms with van der Waals surface area (Å²) < 4.78 is 1.21. The van der Waals surface area contributed by atoms with E-state index in [1.807, 2.05) is 17.0 Å². The van der Waals surface area contributed by atoms with Crippen molar-refractivity contribution in [3.05, 3.63) is 29.6 Å². The number of hydrogen-bond donors (Lipinski definition) is 1. The molecule has 1 fully saturated rings. The number of carbonyl (C=O) groups excluding carboxylic acids is 1. The highest BCUT2D eigenvalue weighted by atomic mass is 32.1. The molecular weight excluding hydrogens is 220 g/mol. The average Bonchev–Trinajstić information content (AvgIpc) is 2.77. The van der Waals surface area contributed by atoms with E-state index < -0.39 is 0 Å². The minimum atomic E-state index is 0.159. The molecule has 1 amide bonds. The van der Waals surface area contributed by atoms with Crippen LogP contribution in [0.15, 0.2) is 29.6 Å². The summed E-state index contributed by atoms with van der Waals surface area (Å²) in [6.45, 7) is 2.07. The summed E-state index contributed by atoms with van der Waals surface area (Å²) in [5.41, 5.74) is 1.05. The van der Waals surface area contributed by atoms with Crippen LogP contribution in [-0.2, 0) is 4.79 Å². The number of nitrogens with one attached hydrogen (secondary N) is 1. The zero-order valence-electron chi connectivity index (χ0n) is 8.77. The van der Waals surface area contributed by atoms with Crippen LogP contribution in [-0.4, -0.2) is 25.5 Å². The number of carbonyl (C=O) groups is 1. The van der Waals surface area contributed by atoms with E-state index in [4.69, 9.17) is 0 Å². The highest BCUT2D eigenvalue weighted by molar-refractivity contribution is 7.17. The molecule has 1 aromatic carbocycles. The van der Waals surface area contributed by atoms with Crippen LogP contribution in [0.1, 0.15) is 0 Å². The van der Waals surface area contributed by atoms with E-state index in [1.165, 1.54) is 10.1 Å². The van der Waals surface area contributed by atoms with Crippen LogP contribution in [0.3, 0.4) is 0 Å². The van der Waals surface area contributed by atoms with Crippen LogP contribution in [0.4, 0.5) is 5.69 Å². The Morgan fingerprint density at radius 2 is 2.25 bits per heavy atom. The van der Waals surface area contributed by atoms with E-state index in [0.29, 0.717) is 6.54 Å². The summed E-state index contributed by atoms with van der Waals surface area (Å²) in [5.74, 6) is 0.159. The molecule has 0 unspecified atom stereocenters. The lowest BCUT2D eigenvalue weighted by atomic mass is 10.2. The zero-order valence-corrected chi connectivity index (χ0v) is 9.59. The van der Waals surface area contributed by atoms with E-state index in [9.17, 15) is 4.79 Å². The molecule has 1 aromatic heterocycles. The van der Waals surface area contributed by atoms with Crippen molar-refractivity contribution < 1.29 is 4.79 Å². The SMILES string of the molecule is O=C1CNCCN1c1cccc2ccsc12. The van der Waals surface area contributed by atoms with Crippen molar-refractivity contribution in [3.8, 4) is 0 Å². The van der Waals surface area contributed by atoms with Gasteiger partial charge in [-0.3, -0.25) is 4.79 Å². The van der Waals surface area contributed by atoms with E-state index >= 15 is 0 Å². The Labute approximate surface area is 97.7 Å². The number of hydrogen-bond acceptors (Lipinski definition) is 3. The maximum Gasteiger partial charge on any atom is 0.241 e. The quantitative estimate of drug-likeness (QED) is 0.813. The first-order valence-corrected chi connectivity index (χ1v) is 6.21. The number of benzene rings is 1. The summed E-state index contributed by atoms with van der Waals surface area (Å²) >= 11 is 1.70. The molecule has 4 heteroatoms. The molecule has 2 heterocycles. The maximum absolute atomic E-state index is 11.8. The highest BCUT2D eigenvalue weighted by Gasteiger charge is 2.20. The Hall–Kier alpha value is -1.39. The van der Waals surface area contributed by atoms with Crippen molar-refractivity contribution in [1.29, 1.82) is 0 Å². The fraction of sp³-hybridized carbons (Fsp3) is 0.250. The molecule has 3 rings (SSSR count). The number of fused-ring (bicyclic) bond motifs is 1. The first-order chi connectivity index (χ1) is 7.86. The van der Waals surface area contributed by atoms with Crippen molar-refractivity contribution in [1.82, 2.24) is 5.32 Å². The monoisotopic (exact) mass is 232 g/mol. The summed E-state index contributed by atoms with van der Waals surface area (Å²) in [6, 6.07) is 8.22. The van der Waals surface area contributed by atoms with Crippen LogP contribution in [0.2, 0.25) is 0 Å². The lowest BCUT2D eigenvalue weighted by Crippen LogP contribution is -2.48. The number of rotatable bonds is 1. The predicted molar refractivity (Wildman–Crippen MR) is 67.0 cm³/mol. The van der Waals surface area contributed by atoms with Gasteiger partial charge in [-0.2, -0.15) is 0 Å². The Morgan fingerprint density at radius 1 is 1.31 bits per heavy atom. The molecule has 2 aromatic rings. The van der Waals surface area contributed by atoms with Gasteiger partial charge in [0.05, 0.1) is 16.9 Å². The second-order valence-electron chi connectivity index (χ2n) is 3.84. The van der Waals surface area contributed by atoms with Gasteiger partial charge in [0.2, 0.25) is 5.91 Å². The van der Waals surface area contributed by atoms with E-state index in [0.717, 1.165) is 18.8 Å². The molecule has 3 nitrogen and oxygen atoms in total. The second-order valence-corrected chi connectivity index (χ2v) is 4.75. The topological polar surface area (TPSA) is 32.3 Å². The molecule has 0 aliphatic carbocycles. The van der Waals surface area contributed by atoms with E-state index in [-0.39, 0.29) is 5.91 Å². The lowest BCUT2D eigenvalue weighted by Gasteiger charge is -2.27. The standard InChI is InChI=1S/C12H12N2OS/c15-11-8-13-5-6-14(11)10-3-1-2-9-4-7-16-12(9)10/h1-4,7,13H,5-6,8H2. The smallest absolute Gasteiger partial charge is 0.241 e. The van der Waals surface area contributed by atoms with E-state index in [2.05, 4.69) is 22.8 Å². The predicted octanol–water partition coefficient (Wildman–Crippen LogP) is 1.84. The summed E-state index contributed by atoms with van der Waals surface area (Å²) in [5, 5.41) is 6.38. The zero-order chi connectivity index (χ0) is 11.0. The van der Waals surface area contributed by atoms with Gasteiger partial charge in [0.15, 0.2) is 0 Å². The van der Waals surface area contributed by atoms with Crippen LogP contribution >= 0.6 is 11.3 Å². The number of amides is 1. The van der Waals surface area contributed by atoms with Crippen molar-refractivity contribution in [3.63, 3.8) is 0 Å². The molecule has 0 bridgehead atoms. The largest absolute Gasteiger partial charge is 0.309 e.